The summed E-state index contributed by atoms with van der Waals surface area (Å²) in [4.78, 5) is 14.7. The lowest BCUT2D eigenvalue weighted by atomic mass is 10.0. The second kappa shape index (κ2) is 5.36. The maximum atomic E-state index is 12.8. The molecule has 1 amide bonds. The van der Waals surface area contributed by atoms with Gasteiger partial charge in [0.15, 0.2) is 0 Å². The van der Waals surface area contributed by atoms with Crippen LogP contribution in [0, 0.1) is 13.8 Å². The summed E-state index contributed by atoms with van der Waals surface area (Å²) >= 11 is 0. The highest BCUT2D eigenvalue weighted by atomic mass is 16.2. The summed E-state index contributed by atoms with van der Waals surface area (Å²) in [6.45, 7) is 4.07. The Morgan fingerprint density at radius 3 is 2.48 bits per heavy atom. The first kappa shape index (κ1) is 13.9. The number of hydrogen-bond donors (Lipinski definition) is 0. The number of carbonyl (C=O) groups excluding carboxylic acids is 1. The van der Waals surface area contributed by atoms with Gasteiger partial charge >= 0.3 is 0 Å². The van der Waals surface area contributed by atoms with Crippen LogP contribution in [0.15, 0.2) is 42.5 Å². The van der Waals surface area contributed by atoms with Gasteiger partial charge in [0.25, 0.3) is 5.91 Å². The molecular weight excluding hydrogens is 258 g/mol. The number of nitrogens with zero attached hydrogens (tertiary/aromatic N) is 1. The maximum absolute atomic E-state index is 12.8. The zero-order chi connectivity index (χ0) is 15.0. The number of amides is 1. The number of benzene rings is 2. The minimum absolute atomic E-state index is 0.114. The average molecular weight is 279 g/mol. The Labute approximate surface area is 126 Å². The van der Waals surface area contributed by atoms with Crippen LogP contribution in [0.5, 0.6) is 0 Å². The van der Waals surface area contributed by atoms with Gasteiger partial charge < -0.3 is 4.90 Å². The second-order valence-electron chi connectivity index (χ2n) is 6.05. The molecule has 21 heavy (non-hydrogen) atoms. The van der Waals surface area contributed by atoms with E-state index in [0.717, 1.165) is 29.5 Å². The minimum Gasteiger partial charge on any atom is -0.335 e. The van der Waals surface area contributed by atoms with Crippen molar-refractivity contribution in [1.29, 1.82) is 0 Å². The van der Waals surface area contributed by atoms with Crippen molar-refractivity contribution in [2.45, 2.75) is 32.7 Å². The summed E-state index contributed by atoms with van der Waals surface area (Å²) in [6.07, 6.45) is 2.08. The molecule has 0 spiro atoms. The molecule has 0 heterocycles. The van der Waals surface area contributed by atoms with Crippen LogP contribution < -0.4 is 0 Å². The molecule has 0 fully saturated rings. The van der Waals surface area contributed by atoms with Crippen LogP contribution in [0.25, 0.3) is 0 Å². The Balaban J connectivity index is 1.89. The highest BCUT2D eigenvalue weighted by molar-refractivity contribution is 5.94. The van der Waals surface area contributed by atoms with Gasteiger partial charge in [0, 0.05) is 12.6 Å². The SMILES string of the molecule is Cc1cc(C)cc(C(=O)N(C)C2CCc3ccccc32)c1. The van der Waals surface area contributed by atoms with Crippen LogP contribution in [0.1, 0.15) is 45.1 Å². The third-order valence-electron chi connectivity index (χ3n) is 4.36. The van der Waals surface area contributed by atoms with E-state index in [2.05, 4.69) is 30.3 Å². The molecule has 1 unspecified atom stereocenters. The number of fused-ring (bicyclic) bond motifs is 1. The first-order valence-corrected chi connectivity index (χ1v) is 7.49. The fourth-order valence-corrected chi connectivity index (χ4v) is 3.38. The maximum Gasteiger partial charge on any atom is 0.254 e. The Morgan fingerprint density at radius 1 is 1.10 bits per heavy atom. The Morgan fingerprint density at radius 2 is 1.76 bits per heavy atom. The molecule has 0 bridgehead atoms. The molecule has 0 saturated heterocycles. The molecule has 3 rings (SSSR count). The van der Waals surface area contributed by atoms with Crippen molar-refractivity contribution in [2.24, 2.45) is 0 Å². The van der Waals surface area contributed by atoms with Gasteiger partial charge in [0.05, 0.1) is 6.04 Å². The lowest BCUT2D eigenvalue weighted by Crippen LogP contribution is -2.30. The van der Waals surface area contributed by atoms with Crippen LogP contribution in [0.2, 0.25) is 0 Å². The van der Waals surface area contributed by atoms with Gasteiger partial charge in [-0.3, -0.25) is 4.79 Å². The van der Waals surface area contributed by atoms with Gasteiger partial charge in [-0.15, -0.1) is 0 Å². The molecule has 2 aromatic carbocycles. The van der Waals surface area contributed by atoms with E-state index in [4.69, 9.17) is 0 Å². The van der Waals surface area contributed by atoms with Crippen molar-refractivity contribution < 1.29 is 4.79 Å². The van der Waals surface area contributed by atoms with E-state index in [1.165, 1.54) is 11.1 Å². The molecule has 108 valence electrons. The van der Waals surface area contributed by atoms with Gasteiger partial charge in [-0.05, 0) is 49.9 Å². The van der Waals surface area contributed by atoms with Gasteiger partial charge in [0.2, 0.25) is 0 Å². The molecule has 2 aromatic rings. The summed E-state index contributed by atoms with van der Waals surface area (Å²) in [6, 6.07) is 14.7. The van der Waals surface area contributed by atoms with Crippen LogP contribution in [0.3, 0.4) is 0 Å². The average Bonchev–Trinajstić information content (AvgIpc) is 2.88. The van der Waals surface area contributed by atoms with E-state index < -0.39 is 0 Å². The third-order valence-corrected chi connectivity index (χ3v) is 4.36. The smallest absolute Gasteiger partial charge is 0.254 e. The number of aryl methyl sites for hydroxylation is 3. The molecule has 1 atom stereocenters. The highest BCUT2D eigenvalue weighted by Crippen LogP contribution is 2.35. The zero-order valence-corrected chi connectivity index (χ0v) is 12.9. The Hall–Kier alpha value is -2.09. The van der Waals surface area contributed by atoms with Crippen molar-refractivity contribution in [3.05, 3.63) is 70.3 Å². The molecular formula is C19H21NO. The van der Waals surface area contributed by atoms with Crippen molar-refractivity contribution in [3.63, 3.8) is 0 Å². The fraction of sp³-hybridized carbons (Fsp3) is 0.316. The summed E-state index contributed by atoms with van der Waals surface area (Å²) < 4.78 is 0. The molecule has 2 heteroatoms. The van der Waals surface area contributed by atoms with E-state index in [0.29, 0.717) is 0 Å². The van der Waals surface area contributed by atoms with Gasteiger partial charge in [-0.1, -0.05) is 41.5 Å². The highest BCUT2D eigenvalue weighted by Gasteiger charge is 2.28. The summed E-state index contributed by atoms with van der Waals surface area (Å²) in [5.74, 6) is 0.114. The predicted octanol–water partition coefficient (Wildman–Crippen LogP) is 4.06. The normalized spacial score (nSPS) is 16.6. The molecule has 0 saturated carbocycles. The predicted molar refractivity (Wildman–Crippen MR) is 85.5 cm³/mol. The topological polar surface area (TPSA) is 20.3 Å². The molecule has 2 nitrogen and oxygen atoms in total. The van der Waals surface area contributed by atoms with E-state index in [9.17, 15) is 4.79 Å². The monoisotopic (exact) mass is 279 g/mol. The second-order valence-corrected chi connectivity index (χ2v) is 6.05. The van der Waals surface area contributed by atoms with Crippen molar-refractivity contribution >= 4 is 5.91 Å². The van der Waals surface area contributed by atoms with E-state index in [1.54, 1.807) is 0 Å². The largest absolute Gasteiger partial charge is 0.335 e. The van der Waals surface area contributed by atoms with Crippen LogP contribution >= 0.6 is 0 Å². The van der Waals surface area contributed by atoms with Gasteiger partial charge in [-0.25, -0.2) is 0 Å². The fourth-order valence-electron chi connectivity index (χ4n) is 3.38. The molecule has 0 aromatic heterocycles. The number of hydrogen-bond acceptors (Lipinski definition) is 1. The van der Waals surface area contributed by atoms with E-state index in [1.807, 2.05) is 37.9 Å². The van der Waals surface area contributed by atoms with Crippen LogP contribution in [0.4, 0.5) is 0 Å². The molecule has 1 aliphatic rings. The van der Waals surface area contributed by atoms with Gasteiger partial charge in [0.1, 0.15) is 0 Å². The molecule has 0 aliphatic heterocycles. The molecule has 1 aliphatic carbocycles. The van der Waals surface area contributed by atoms with Gasteiger partial charge in [-0.2, -0.15) is 0 Å². The van der Waals surface area contributed by atoms with E-state index in [-0.39, 0.29) is 11.9 Å². The lowest BCUT2D eigenvalue weighted by molar-refractivity contribution is 0.0730. The summed E-state index contributed by atoms with van der Waals surface area (Å²) in [7, 11) is 1.92. The van der Waals surface area contributed by atoms with Crippen molar-refractivity contribution in [3.8, 4) is 0 Å². The third kappa shape index (κ3) is 2.58. The Kier molecular flexibility index (Phi) is 3.54. The number of rotatable bonds is 2. The summed E-state index contributed by atoms with van der Waals surface area (Å²) in [5, 5.41) is 0. The first-order chi connectivity index (χ1) is 10.1. The van der Waals surface area contributed by atoms with E-state index >= 15 is 0 Å². The molecule has 0 N–H and O–H groups in total. The van der Waals surface area contributed by atoms with Crippen LogP contribution in [-0.4, -0.2) is 17.9 Å². The van der Waals surface area contributed by atoms with Crippen LogP contribution in [-0.2, 0) is 6.42 Å². The molecule has 0 radical (unpaired) electrons. The minimum atomic E-state index is 0.114. The standard InChI is InChI=1S/C19H21NO/c1-13-10-14(2)12-16(11-13)19(21)20(3)18-9-8-15-6-4-5-7-17(15)18/h4-7,10-12,18H,8-9H2,1-3H3. The Bertz CT molecular complexity index is 669. The first-order valence-electron chi connectivity index (χ1n) is 7.49. The van der Waals surface area contributed by atoms with Crippen molar-refractivity contribution in [2.75, 3.05) is 7.05 Å². The quantitative estimate of drug-likeness (QED) is 0.811. The lowest BCUT2D eigenvalue weighted by Gasteiger charge is -2.26. The number of carbonyl (C=O) groups is 1. The summed E-state index contributed by atoms with van der Waals surface area (Å²) in [5.41, 5.74) is 5.75. The zero-order valence-electron chi connectivity index (χ0n) is 12.9. The van der Waals surface area contributed by atoms with Crippen molar-refractivity contribution in [1.82, 2.24) is 4.90 Å².